The first-order valence-electron chi connectivity index (χ1n) is 8.82. The molecule has 0 unspecified atom stereocenters. The van der Waals surface area contributed by atoms with Gasteiger partial charge in [-0.05, 0) is 30.2 Å². The number of carbonyl (C=O) groups excluding carboxylic acids is 1. The maximum absolute atomic E-state index is 12.4. The molecule has 1 aliphatic carbocycles. The topological polar surface area (TPSA) is 56.1 Å². The van der Waals surface area contributed by atoms with Crippen LogP contribution in [0.1, 0.15) is 33.8 Å². The molecule has 1 aliphatic heterocycles. The Bertz CT molecular complexity index is 805. The molecule has 126 valence electrons. The Labute approximate surface area is 148 Å². The lowest BCUT2D eigenvalue weighted by molar-refractivity contribution is 0.0500. The van der Waals surface area contributed by atoms with Gasteiger partial charge in [-0.2, -0.15) is 5.26 Å². The summed E-state index contributed by atoms with van der Waals surface area (Å²) in [4.78, 5) is 14.3. The van der Waals surface area contributed by atoms with Crippen molar-refractivity contribution in [2.75, 3.05) is 19.6 Å². The minimum atomic E-state index is 0.0296. The van der Waals surface area contributed by atoms with Crippen LogP contribution >= 0.6 is 0 Å². The highest BCUT2D eigenvalue weighted by Crippen LogP contribution is 2.40. The monoisotopic (exact) mass is 331 g/mol. The third-order valence-electron chi connectivity index (χ3n) is 5.17. The molecule has 1 saturated carbocycles. The van der Waals surface area contributed by atoms with Gasteiger partial charge in [0.1, 0.15) is 0 Å². The molecule has 0 aromatic heterocycles. The van der Waals surface area contributed by atoms with Crippen LogP contribution in [0.2, 0.25) is 0 Å². The molecule has 1 heterocycles. The average molecular weight is 331 g/mol. The zero-order chi connectivity index (χ0) is 17.2. The van der Waals surface area contributed by atoms with Gasteiger partial charge in [-0.3, -0.25) is 4.79 Å². The van der Waals surface area contributed by atoms with Crippen molar-refractivity contribution in [2.45, 2.75) is 18.4 Å². The van der Waals surface area contributed by atoms with Gasteiger partial charge in [0.15, 0.2) is 0 Å². The van der Waals surface area contributed by atoms with Gasteiger partial charge >= 0.3 is 0 Å². The molecule has 1 amide bonds. The van der Waals surface area contributed by atoms with Crippen LogP contribution in [0.3, 0.4) is 0 Å². The number of nitriles is 1. The number of hydrogen-bond donors (Lipinski definition) is 1. The highest BCUT2D eigenvalue weighted by Gasteiger charge is 2.39. The van der Waals surface area contributed by atoms with Crippen molar-refractivity contribution in [1.82, 2.24) is 10.2 Å². The lowest BCUT2D eigenvalue weighted by atomic mass is 9.98. The quantitative estimate of drug-likeness (QED) is 0.916. The van der Waals surface area contributed by atoms with E-state index in [4.69, 9.17) is 5.26 Å². The molecule has 4 nitrogen and oxygen atoms in total. The summed E-state index contributed by atoms with van der Waals surface area (Å²) in [6, 6.07) is 20.3. The van der Waals surface area contributed by atoms with E-state index in [9.17, 15) is 4.79 Å². The van der Waals surface area contributed by atoms with Gasteiger partial charge in [-0.25, -0.2) is 0 Å². The molecule has 4 rings (SSSR count). The number of hydrogen-bond acceptors (Lipinski definition) is 3. The average Bonchev–Trinajstić information content (AvgIpc) is 3.40. The molecule has 2 fully saturated rings. The fourth-order valence-corrected chi connectivity index (χ4v) is 3.58. The second-order valence-corrected chi connectivity index (χ2v) is 7.04. The summed E-state index contributed by atoms with van der Waals surface area (Å²) in [7, 11) is 0. The molecular formula is C21H21N3O. The van der Waals surface area contributed by atoms with Crippen LogP contribution in [0.5, 0.6) is 0 Å². The Morgan fingerprint density at radius 1 is 1.16 bits per heavy atom. The molecule has 0 bridgehead atoms. The maximum Gasteiger partial charge on any atom is 0.253 e. The van der Waals surface area contributed by atoms with Crippen molar-refractivity contribution in [3.05, 3.63) is 71.3 Å². The van der Waals surface area contributed by atoms with Crippen LogP contribution in [0, 0.1) is 17.2 Å². The number of rotatable bonds is 5. The molecule has 25 heavy (non-hydrogen) atoms. The summed E-state index contributed by atoms with van der Waals surface area (Å²) in [5.41, 5.74) is 2.56. The number of likely N-dealkylation sites (tertiary alicyclic amines) is 1. The van der Waals surface area contributed by atoms with Gasteiger partial charge in [-0.1, -0.05) is 36.4 Å². The third-order valence-corrected chi connectivity index (χ3v) is 5.17. The molecule has 0 radical (unpaired) electrons. The summed E-state index contributed by atoms with van der Waals surface area (Å²) in [5.74, 6) is 1.20. The highest BCUT2D eigenvalue weighted by atomic mass is 16.2. The predicted molar refractivity (Wildman–Crippen MR) is 96.1 cm³/mol. The van der Waals surface area contributed by atoms with Crippen LogP contribution in [-0.2, 0) is 0 Å². The van der Waals surface area contributed by atoms with E-state index in [-0.39, 0.29) is 5.91 Å². The van der Waals surface area contributed by atoms with E-state index >= 15 is 0 Å². The Balaban J connectivity index is 1.22. The third kappa shape index (κ3) is 3.42. The lowest BCUT2D eigenvalue weighted by Gasteiger charge is -2.39. The molecule has 2 aromatic carbocycles. The van der Waals surface area contributed by atoms with Crippen molar-refractivity contribution in [3.8, 4) is 6.07 Å². The molecule has 4 heteroatoms. The Kier molecular flexibility index (Phi) is 4.25. The summed E-state index contributed by atoms with van der Waals surface area (Å²) in [6.07, 6.45) is 1.21. The van der Waals surface area contributed by atoms with Crippen LogP contribution in [0.4, 0.5) is 0 Å². The number of benzene rings is 2. The fraction of sp³-hybridized carbons (Fsp3) is 0.333. The Morgan fingerprint density at radius 3 is 2.72 bits per heavy atom. The summed E-state index contributed by atoms with van der Waals surface area (Å²) in [6.45, 7) is 2.56. The first kappa shape index (κ1) is 15.9. The van der Waals surface area contributed by atoms with Crippen molar-refractivity contribution in [2.24, 2.45) is 5.92 Å². The van der Waals surface area contributed by atoms with E-state index in [0.29, 0.717) is 29.0 Å². The predicted octanol–water partition coefficient (Wildman–Crippen LogP) is 2.78. The number of carbonyl (C=O) groups is 1. The van der Waals surface area contributed by atoms with Crippen molar-refractivity contribution >= 4 is 5.91 Å². The fourth-order valence-electron chi connectivity index (χ4n) is 3.58. The maximum atomic E-state index is 12.4. The molecule has 2 atom stereocenters. The largest absolute Gasteiger partial charge is 0.338 e. The smallest absolute Gasteiger partial charge is 0.253 e. The second kappa shape index (κ2) is 6.70. The van der Waals surface area contributed by atoms with Crippen molar-refractivity contribution < 1.29 is 4.79 Å². The minimum absolute atomic E-state index is 0.0296. The summed E-state index contributed by atoms with van der Waals surface area (Å²) in [5, 5.41) is 12.6. The summed E-state index contributed by atoms with van der Waals surface area (Å²) < 4.78 is 0. The van der Waals surface area contributed by atoms with Gasteiger partial charge < -0.3 is 10.2 Å². The van der Waals surface area contributed by atoms with Gasteiger partial charge in [0.25, 0.3) is 5.91 Å². The zero-order valence-corrected chi connectivity index (χ0v) is 14.1. The van der Waals surface area contributed by atoms with Crippen LogP contribution in [0.25, 0.3) is 0 Å². The van der Waals surface area contributed by atoms with E-state index in [1.54, 1.807) is 24.3 Å². The molecule has 2 aliphatic rings. The van der Waals surface area contributed by atoms with Gasteiger partial charge in [0, 0.05) is 43.1 Å². The van der Waals surface area contributed by atoms with Crippen LogP contribution in [0.15, 0.2) is 54.6 Å². The Morgan fingerprint density at radius 2 is 1.96 bits per heavy atom. The number of nitrogens with one attached hydrogen (secondary N) is 1. The number of amides is 1. The van der Waals surface area contributed by atoms with Gasteiger partial charge in [0.05, 0.1) is 11.6 Å². The lowest BCUT2D eigenvalue weighted by Crippen LogP contribution is -2.53. The Hall–Kier alpha value is -2.64. The highest BCUT2D eigenvalue weighted by molar-refractivity contribution is 5.95. The normalized spacial score (nSPS) is 22.1. The molecule has 1 N–H and O–H groups in total. The van der Waals surface area contributed by atoms with Gasteiger partial charge in [0.2, 0.25) is 0 Å². The zero-order valence-electron chi connectivity index (χ0n) is 14.1. The van der Waals surface area contributed by atoms with Crippen LogP contribution in [-0.4, -0.2) is 36.5 Å². The van der Waals surface area contributed by atoms with E-state index in [1.165, 1.54) is 12.0 Å². The van der Waals surface area contributed by atoms with Crippen molar-refractivity contribution in [1.29, 1.82) is 5.26 Å². The van der Waals surface area contributed by atoms with E-state index < -0.39 is 0 Å². The standard InChI is InChI=1S/C21H21N3O/c22-11-15-5-4-8-18(9-15)21(25)24-13-16(14-24)12-23-20-10-19(20)17-6-2-1-3-7-17/h1-9,16,19-20,23H,10,12-14H2/t19-,20+/m0/s1. The van der Waals surface area contributed by atoms with E-state index in [1.807, 2.05) is 4.90 Å². The first-order valence-corrected chi connectivity index (χ1v) is 8.82. The SMILES string of the molecule is N#Cc1cccc(C(=O)N2CC(CN[C@@H]3C[C@H]3c3ccccc3)C2)c1. The van der Waals surface area contributed by atoms with Crippen LogP contribution < -0.4 is 5.32 Å². The van der Waals surface area contributed by atoms with E-state index in [2.05, 4.69) is 41.7 Å². The molecule has 2 aromatic rings. The molecular weight excluding hydrogens is 310 g/mol. The van der Waals surface area contributed by atoms with Crippen molar-refractivity contribution in [3.63, 3.8) is 0 Å². The van der Waals surface area contributed by atoms with E-state index in [0.717, 1.165) is 19.6 Å². The first-order chi connectivity index (χ1) is 12.2. The molecule has 0 spiro atoms. The van der Waals surface area contributed by atoms with Gasteiger partial charge in [-0.15, -0.1) is 0 Å². The number of nitrogens with zero attached hydrogens (tertiary/aromatic N) is 2. The minimum Gasteiger partial charge on any atom is -0.338 e. The molecule has 1 saturated heterocycles. The summed E-state index contributed by atoms with van der Waals surface area (Å²) >= 11 is 0. The second-order valence-electron chi connectivity index (χ2n) is 7.04.